The van der Waals surface area contributed by atoms with Crippen molar-refractivity contribution in [2.75, 3.05) is 11.9 Å². The smallest absolute Gasteiger partial charge is 0.262 e. The molecule has 0 fully saturated rings. The molecule has 0 saturated carbocycles. The summed E-state index contributed by atoms with van der Waals surface area (Å²) in [4.78, 5) is 23.6. The number of hydrogen-bond donors (Lipinski definition) is 3. The highest BCUT2D eigenvalue weighted by Gasteiger charge is 2.20. The Bertz CT molecular complexity index is 603. The van der Waals surface area contributed by atoms with Gasteiger partial charge in [0.15, 0.2) is 6.61 Å². The van der Waals surface area contributed by atoms with Gasteiger partial charge in [-0.3, -0.25) is 14.9 Å². The van der Waals surface area contributed by atoms with E-state index in [1.54, 1.807) is 0 Å². The normalized spacial score (nSPS) is 17.1. The summed E-state index contributed by atoms with van der Waals surface area (Å²) in [6.07, 6.45) is 2.01. The third-order valence-corrected chi connectivity index (χ3v) is 4.14. The van der Waals surface area contributed by atoms with Crippen LogP contribution in [-0.2, 0) is 9.59 Å². The first-order valence-electron chi connectivity index (χ1n) is 8.53. The lowest BCUT2D eigenvalue weighted by Crippen LogP contribution is -2.46. The molecule has 0 radical (unpaired) electrons. The highest BCUT2D eigenvalue weighted by Crippen LogP contribution is 2.30. The number of hydrogen-bond acceptors (Lipinski definition) is 4. The number of rotatable bonds is 7. The van der Waals surface area contributed by atoms with E-state index in [0.29, 0.717) is 11.4 Å². The van der Waals surface area contributed by atoms with E-state index >= 15 is 0 Å². The van der Waals surface area contributed by atoms with Gasteiger partial charge < -0.3 is 15.4 Å². The zero-order valence-electron chi connectivity index (χ0n) is 14.8. The van der Waals surface area contributed by atoms with Gasteiger partial charge in [-0.1, -0.05) is 19.4 Å². The molecular weight excluding hydrogens is 306 g/mol. The average Bonchev–Trinajstić information content (AvgIpc) is 2.54. The lowest BCUT2D eigenvalue weighted by molar-refractivity contribution is -0.123. The van der Waals surface area contributed by atoms with Crippen LogP contribution in [0.15, 0.2) is 18.2 Å². The second-order valence-corrected chi connectivity index (χ2v) is 6.40. The van der Waals surface area contributed by atoms with Crippen LogP contribution in [0.25, 0.3) is 0 Å². The first kappa shape index (κ1) is 18.3. The predicted octanol–water partition coefficient (Wildman–Crippen LogP) is 2.36. The summed E-state index contributed by atoms with van der Waals surface area (Å²) in [6, 6.07) is 5.51. The molecule has 1 aliphatic heterocycles. The third kappa shape index (κ3) is 4.71. The molecule has 1 aliphatic rings. The molecule has 0 saturated heterocycles. The van der Waals surface area contributed by atoms with Crippen LogP contribution in [0.5, 0.6) is 5.75 Å². The van der Waals surface area contributed by atoms with E-state index in [0.717, 1.165) is 18.4 Å². The van der Waals surface area contributed by atoms with Crippen LogP contribution in [0.4, 0.5) is 5.69 Å². The summed E-state index contributed by atoms with van der Waals surface area (Å²) in [6.45, 7) is 8.02. The minimum absolute atomic E-state index is 0.00241. The highest BCUT2D eigenvalue weighted by atomic mass is 16.5. The lowest BCUT2D eigenvalue weighted by Gasteiger charge is -2.24. The van der Waals surface area contributed by atoms with Gasteiger partial charge >= 0.3 is 0 Å². The van der Waals surface area contributed by atoms with Gasteiger partial charge in [0, 0.05) is 12.1 Å². The van der Waals surface area contributed by atoms with Gasteiger partial charge in [0.25, 0.3) is 5.91 Å². The maximum atomic E-state index is 12.2. The Hall–Kier alpha value is -2.08. The number of carbonyl (C=O) groups is 2. The number of fused-ring (bicyclic) bond motifs is 1. The first-order chi connectivity index (χ1) is 11.4. The Morgan fingerprint density at radius 1 is 1.33 bits per heavy atom. The van der Waals surface area contributed by atoms with Crippen molar-refractivity contribution in [3.8, 4) is 5.75 Å². The van der Waals surface area contributed by atoms with E-state index in [2.05, 4.69) is 22.9 Å². The van der Waals surface area contributed by atoms with Gasteiger partial charge in [-0.15, -0.1) is 0 Å². The Morgan fingerprint density at radius 3 is 2.79 bits per heavy atom. The van der Waals surface area contributed by atoms with E-state index in [-0.39, 0.29) is 36.5 Å². The largest absolute Gasteiger partial charge is 0.482 e. The Balaban J connectivity index is 1.96. The van der Waals surface area contributed by atoms with Crippen LogP contribution in [0.1, 0.15) is 52.1 Å². The van der Waals surface area contributed by atoms with Gasteiger partial charge in [-0.2, -0.15) is 0 Å². The van der Waals surface area contributed by atoms with E-state index in [1.165, 1.54) is 0 Å². The minimum Gasteiger partial charge on any atom is -0.482 e. The number of ether oxygens (including phenoxy) is 1. The van der Waals surface area contributed by atoms with Crippen molar-refractivity contribution in [1.29, 1.82) is 0 Å². The molecule has 2 rings (SSSR count). The second kappa shape index (κ2) is 8.15. The van der Waals surface area contributed by atoms with Crippen molar-refractivity contribution in [2.24, 2.45) is 0 Å². The molecule has 3 atom stereocenters. The molecule has 1 aromatic carbocycles. The molecule has 1 heterocycles. The van der Waals surface area contributed by atoms with Crippen molar-refractivity contribution in [1.82, 2.24) is 10.6 Å². The number of nitrogens with one attached hydrogen (secondary N) is 3. The molecule has 132 valence electrons. The van der Waals surface area contributed by atoms with Crippen molar-refractivity contribution >= 4 is 17.5 Å². The highest BCUT2D eigenvalue weighted by molar-refractivity contribution is 5.95. The summed E-state index contributed by atoms with van der Waals surface area (Å²) >= 11 is 0. The number of anilines is 1. The average molecular weight is 333 g/mol. The molecule has 1 aromatic rings. The van der Waals surface area contributed by atoms with Crippen LogP contribution in [-0.4, -0.2) is 30.5 Å². The number of benzene rings is 1. The van der Waals surface area contributed by atoms with E-state index < -0.39 is 0 Å². The maximum Gasteiger partial charge on any atom is 0.262 e. The summed E-state index contributed by atoms with van der Waals surface area (Å²) in [7, 11) is 0. The van der Waals surface area contributed by atoms with Crippen molar-refractivity contribution in [2.45, 2.75) is 58.7 Å². The van der Waals surface area contributed by atoms with E-state index in [1.807, 2.05) is 39.0 Å². The second-order valence-electron chi connectivity index (χ2n) is 6.40. The SMILES string of the molecule is CCC[C@H](C)NC(=O)[C@H](C)N[C@H](C)c1ccc2c(c1)NC(=O)CO2. The lowest BCUT2D eigenvalue weighted by atomic mass is 10.1. The van der Waals surface area contributed by atoms with Crippen LogP contribution in [0, 0.1) is 0 Å². The van der Waals surface area contributed by atoms with Gasteiger partial charge in [0.2, 0.25) is 5.91 Å². The van der Waals surface area contributed by atoms with Crippen LogP contribution >= 0.6 is 0 Å². The number of amides is 2. The molecule has 6 nitrogen and oxygen atoms in total. The molecule has 0 spiro atoms. The molecule has 0 unspecified atom stereocenters. The van der Waals surface area contributed by atoms with Crippen LogP contribution in [0.3, 0.4) is 0 Å². The Morgan fingerprint density at radius 2 is 2.08 bits per heavy atom. The third-order valence-electron chi connectivity index (χ3n) is 4.14. The number of carbonyl (C=O) groups excluding carboxylic acids is 2. The molecule has 3 N–H and O–H groups in total. The minimum atomic E-state index is -0.304. The quantitative estimate of drug-likeness (QED) is 0.716. The Kier molecular flexibility index (Phi) is 6.20. The van der Waals surface area contributed by atoms with Crippen LogP contribution in [0.2, 0.25) is 0 Å². The summed E-state index contributed by atoms with van der Waals surface area (Å²) in [5, 5.41) is 9.11. The predicted molar refractivity (Wildman–Crippen MR) is 94.1 cm³/mol. The fourth-order valence-electron chi connectivity index (χ4n) is 2.79. The van der Waals surface area contributed by atoms with Gasteiger partial charge in [0.05, 0.1) is 11.7 Å². The maximum absolute atomic E-state index is 12.2. The monoisotopic (exact) mass is 333 g/mol. The zero-order valence-corrected chi connectivity index (χ0v) is 14.8. The molecule has 0 aliphatic carbocycles. The van der Waals surface area contributed by atoms with Gasteiger partial charge in [-0.25, -0.2) is 0 Å². The summed E-state index contributed by atoms with van der Waals surface area (Å²) < 4.78 is 5.36. The molecule has 6 heteroatoms. The fraction of sp³-hybridized carbons (Fsp3) is 0.556. The molecule has 0 aromatic heterocycles. The van der Waals surface area contributed by atoms with Gasteiger partial charge in [-0.05, 0) is 44.9 Å². The Labute approximate surface area is 143 Å². The first-order valence-corrected chi connectivity index (χ1v) is 8.53. The zero-order chi connectivity index (χ0) is 17.7. The summed E-state index contributed by atoms with van der Waals surface area (Å²) in [5.74, 6) is 0.514. The molecule has 2 amide bonds. The molecular formula is C18H27N3O3. The van der Waals surface area contributed by atoms with Crippen molar-refractivity contribution < 1.29 is 14.3 Å². The van der Waals surface area contributed by atoms with Crippen LogP contribution < -0.4 is 20.7 Å². The molecule has 0 bridgehead atoms. The van der Waals surface area contributed by atoms with E-state index in [9.17, 15) is 9.59 Å². The van der Waals surface area contributed by atoms with Crippen molar-refractivity contribution in [3.63, 3.8) is 0 Å². The van der Waals surface area contributed by atoms with Gasteiger partial charge in [0.1, 0.15) is 5.75 Å². The fourth-order valence-corrected chi connectivity index (χ4v) is 2.79. The van der Waals surface area contributed by atoms with Crippen molar-refractivity contribution in [3.05, 3.63) is 23.8 Å². The standard InChI is InChI=1S/C18H27N3O3/c1-5-6-11(2)19-18(23)13(4)20-12(3)14-7-8-16-15(9-14)21-17(22)10-24-16/h7-9,11-13,20H,5-6,10H2,1-4H3,(H,19,23)(H,21,22)/t11-,12+,13-/m0/s1. The van der Waals surface area contributed by atoms with E-state index in [4.69, 9.17) is 4.74 Å². The molecule has 24 heavy (non-hydrogen) atoms. The summed E-state index contributed by atoms with van der Waals surface area (Å²) in [5.41, 5.74) is 1.66. The topological polar surface area (TPSA) is 79.5 Å².